The van der Waals surface area contributed by atoms with Gasteiger partial charge in [-0.3, -0.25) is 0 Å². The highest BCUT2D eigenvalue weighted by Gasteiger charge is 2.19. The largest absolute Gasteiger partial charge is 0.488 e. The Balaban J connectivity index is 0.00000289. The third-order valence-electron chi connectivity index (χ3n) is 5.76. The number of aryl methyl sites for hydroxylation is 2. The maximum Gasteiger partial charge on any atom is 0.191 e. The number of aliphatic imine (C=N–C) groups is 1. The standard InChI is InChI=1S/C23H34N6O2.HI/c1-3-24-23(26-15-22-28-27-21-7-5-4-6-11-29(21)22)25-14-18-9-8-17(2)13-20(18)31-19-10-12-30-16-19;/h8-9,13,19H,3-7,10-12,14-16H2,1-2H3,(H2,24,25,26);1H. The summed E-state index contributed by atoms with van der Waals surface area (Å²) in [5.74, 6) is 3.75. The van der Waals surface area contributed by atoms with Crippen LogP contribution in [0, 0.1) is 6.92 Å². The van der Waals surface area contributed by atoms with Crippen LogP contribution in [0.1, 0.15) is 55.4 Å². The minimum Gasteiger partial charge on any atom is -0.488 e. The maximum absolute atomic E-state index is 6.22. The molecule has 1 fully saturated rings. The summed E-state index contributed by atoms with van der Waals surface area (Å²) in [5, 5.41) is 15.6. The van der Waals surface area contributed by atoms with Gasteiger partial charge in [0, 0.05) is 31.5 Å². The van der Waals surface area contributed by atoms with E-state index in [1.165, 1.54) is 24.8 Å². The zero-order chi connectivity index (χ0) is 21.5. The molecule has 0 spiro atoms. The van der Waals surface area contributed by atoms with E-state index in [0.717, 1.165) is 61.5 Å². The summed E-state index contributed by atoms with van der Waals surface area (Å²) < 4.78 is 13.9. The summed E-state index contributed by atoms with van der Waals surface area (Å²) in [6.45, 7) is 8.52. The summed E-state index contributed by atoms with van der Waals surface area (Å²) in [6, 6.07) is 6.30. The van der Waals surface area contributed by atoms with Crippen LogP contribution in [0.3, 0.4) is 0 Å². The van der Waals surface area contributed by atoms with Crippen molar-refractivity contribution in [3.8, 4) is 5.75 Å². The lowest BCUT2D eigenvalue weighted by atomic mass is 10.1. The van der Waals surface area contributed by atoms with E-state index < -0.39 is 0 Å². The molecule has 3 heterocycles. The Morgan fingerprint density at radius 1 is 1.25 bits per heavy atom. The zero-order valence-corrected chi connectivity index (χ0v) is 21.4. The van der Waals surface area contributed by atoms with Crippen LogP contribution in [0.5, 0.6) is 5.75 Å². The van der Waals surface area contributed by atoms with E-state index in [1.54, 1.807) is 0 Å². The fourth-order valence-electron chi connectivity index (χ4n) is 4.03. The molecule has 4 rings (SSSR count). The minimum atomic E-state index is 0. The summed E-state index contributed by atoms with van der Waals surface area (Å²) in [7, 11) is 0. The van der Waals surface area contributed by atoms with Crippen LogP contribution < -0.4 is 15.4 Å². The lowest BCUT2D eigenvalue weighted by molar-refractivity contribution is 0.140. The normalized spacial score (nSPS) is 18.4. The second-order valence-electron chi connectivity index (χ2n) is 8.26. The van der Waals surface area contributed by atoms with E-state index in [2.05, 4.69) is 57.4 Å². The second-order valence-corrected chi connectivity index (χ2v) is 8.26. The molecule has 32 heavy (non-hydrogen) atoms. The van der Waals surface area contributed by atoms with Crippen LogP contribution in [0.4, 0.5) is 0 Å². The van der Waals surface area contributed by atoms with Crippen LogP contribution in [-0.2, 0) is 30.8 Å². The Hall–Kier alpha value is -1.88. The van der Waals surface area contributed by atoms with Gasteiger partial charge >= 0.3 is 0 Å². The number of rotatable bonds is 7. The van der Waals surface area contributed by atoms with Gasteiger partial charge in [0.25, 0.3) is 0 Å². The van der Waals surface area contributed by atoms with Crippen LogP contribution in [-0.4, -0.2) is 46.6 Å². The highest BCUT2D eigenvalue weighted by atomic mass is 127. The molecular formula is C23H35IN6O2. The lowest BCUT2D eigenvalue weighted by Gasteiger charge is -2.16. The van der Waals surface area contributed by atoms with Gasteiger partial charge < -0.3 is 24.7 Å². The molecule has 0 bridgehead atoms. The molecule has 176 valence electrons. The van der Waals surface area contributed by atoms with Gasteiger partial charge in [-0.2, -0.15) is 0 Å². The van der Waals surface area contributed by atoms with Gasteiger partial charge in [0.15, 0.2) is 11.8 Å². The molecule has 2 aromatic rings. The van der Waals surface area contributed by atoms with Crippen LogP contribution in [0.2, 0.25) is 0 Å². The molecule has 8 nitrogen and oxygen atoms in total. The number of ether oxygens (including phenoxy) is 2. The first-order valence-electron chi connectivity index (χ1n) is 11.5. The number of fused-ring (bicyclic) bond motifs is 1. The number of guanidine groups is 1. The van der Waals surface area contributed by atoms with Crippen molar-refractivity contribution in [3.05, 3.63) is 41.0 Å². The van der Waals surface area contributed by atoms with Crippen molar-refractivity contribution in [2.24, 2.45) is 4.99 Å². The van der Waals surface area contributed by atoms with Crippen molar-refractivity contribution in [3.63, 3.8) is 0 Å². The molecule has 0 amide bonds. The monoisotopic (exact) mass is 554 g/mol. The molecule has 1 aromatic carbocycles. The van der Waals surface area contributed by atoms with Gasteiger partial charge in [-0.25, -0.2) is 4.99 Å². The molecule has 1 aromatic heterocycles. The molecular weight excluding hydrogens is 519 g/mol. The Bertz CT molecular complexity index is 895. The Morgan fingerprint density at radius 3 is 2.97 bits per heavy atom. The second kappa shape index (κ2) is 12.4. The molecule has 2 N–H and O–H groups in total. The molecule has 0 saturated carbocycles. The highest BCUT2D eigenvalue weighted by molar-refractivity contribution is 14.0. The van der Waals surface area contributed by atoms with Crippen LogP contribution in [0.15, 0.2) is 23.2 Å². The molecule has 1 atom stereocenters. The number of aromatic nitrogens is 3. The average molecular weight is 554 g/mol. The Kier molecular flexibility index (Phi) is 9.58. The number of halogens is 1. The predicted molar refractivity (Wildman–Crippen MR) is 136 cm³/mol. The third kappa shape index (κ3) is 6.57. The summed E-state index contributed by atoms with van der Waals surface area (Å²) in [5.41, 5.74) is 2.25. The fourth-order valence-corrected chi connectivity index (χ4v) is 4.03. The van der Waals surface area contributed by atoms with Gasteiger partial charge in [-0.05, 0) is 38.3 Å². The van der Waals surface area contributed by atoms with E-state index >= 15 is 0 Å². The van der Waals surface area contributed by atoms with E-state index in [4.69, 9.17) is 14.5 Å². The highest BCUT2D eigenvalue weighted by Crippen LogP contribution is 2.24. The first-order chi connectivity index (χ1) is 15.2. The minimum absolute atomic E-state index is 0. The predicted octanol–water partition coefficient (Wildman–Crippen LogP) is 3.35. The quantitative estimate of drug-likeness (QED) is 0.310. The van der Waals surface area contributed by atoms with E-state index in [0.29, 0.717) is 19.7 Å². The molecule has 0 aliphatic carbocycles. The van der Waals surface area contributed by atoms with Gasteiger partial charge in [-0.15, -0.1) is 34.2 Å². The number of nitrogens with one attached hydrogen (secondary N) is 2. The summed E-state index contributed by atoms with van der Waals surface area (Å²) in [6.07, 6.45) is 5.72. The number of benzene rings is 1. The van der Waals surface area contributed by atoms with E-state index in [1.807, 2.05) is 0 Å². The average Bonchev–Trinajstić information content (AvgIpc) is 3.35. The molecule has 1 unspecified atom stereocenters. The summed E-state index contributed by atoms with van der Waals surface area (Å²) >= 11 is 0. The fraction of sp³-hybridized carbons (Fsp3) is 0.609. The Labute approximate surface area is 207 Å². The smallest absolute Gasteiger partial charge is 0.191 e. The zero-order valence-electron chi connectivity index (χ0n) is 19.1. The first-order valence-corrected chi connectivity index (χ1v) is 11.5. The topological polar surface area (TPSA) is 85.6 Å². The summed E-state index contributed by atoms with van der Waals surface area (Å²) in [4.78, 5) is 4.80. The molecule has 2 aliphatic heterocycles. The van der Waals surface area contributed by atoms with Crippen molar-refractivity contribution < 1.29 is 9.47 Å². The van der Waals surface area contributed by atoms with Crippen molar-refractivity contribution in [1.82, 2.24) is 25.4 Å². The molecule has 0 radical (unpaired) electrons. The van der Waals surface area contributed by atoms with Gasteiger partial charge in [0.1, 0.15) is 17.7 Å². The number of nitrogens with zero attached hydrogens (tertiary/aromatic N) is 4. The third-order valence-corrected chi connectivity index (χ3v) is 5.76. The SMILES string of the molecule is CCNC(=NCc1ccc(C)cc1OC1CCOC1)NCc1nnc2n1CCCCC2.I. The Morgan fingerprint density at radius 2 is 2.16 bits per heavy atom. The number of hydrogen-bond donors (Lipinski definition) is 2. The van der Waals surface area contributed by atoms with Crippen molar-refractivity contribution in [1.29, 1.82) is 0 Å². The maximum atomic E-state index is 6.22. The van der Waals surface area contributed by atoms with E-state index in [9.17, 15) is 0 Å². The lowest BCUT2D eigenvalue weighted by Crippen LogP contribution is -2.37. The molecule has 2 aliphatic rings. The van der Waals surface area contributed by atoms with Crippen molar-refractivity contribution in [2.45, 2.75) is 71.7 Å². The first kappa shape index (κ1) is 24.8. The molecule has 9 heteroatoms. The van der Waals surface area contributed by atoms with Crippen molar-refractivity contribution in [2.75, 3.05) is 19.8 Å². The van der Waals surface area contributed by atoms with Crippen molar-refractivity contribution >= 4 is 29.9 Å². The molecule has 1 saturated heterocycles. The van der Waals surface area contributed by atoms with Crippen LogP contribution in [0.25, 0.3) is 0 Å². The number of hydrogen-bond acceptors (Lipinski definition) is 5. The van der Waals surface area contributed by atoms with Crippen LogP contribution >= 0.6 is 24.0 Å². The van der Waals surface area contributed by atoms with E-state index in [-0.39, 0.29) is 30.1 Å². The van der Waals surface area contributed by atoms with Gasteiger partial charge in [-0.1, -0.05) is 18.6 Å². The van der Waals surface area contributed by atoms with Gasteiger partial charge in [0.2, 0.25) is 0 Å². The van der Waals surface area contributed by atoms with Gasteiger partial charge in [0.05, 0.1) is 26.3 Å².